The molecule has 1 N–H and O–H groups in total. The van der Waals surface area contributed by atoms with Crippen LogP contribution in [-0.4, -0.2) is 23.4 Å². The van der Waals surface area contributed by atoms with Crippen LogP contribution < -0.4 is 5.43 Å². The van der Waals surface area contributed by atoms with E-state index >= 15 is 0 Å². The lowest BCUT2D eigenvalue weighted by Gasteiger charge is -2.25. The summed E-state index contributed by atoms with van der Waals surface area (Å²) in [5.41, 5.74) is 3.00. The molecule has 1 rings (SSSR count). The van der Waals surface area contributed by atoms with Crippen LogP contribution in [-0.2, 0) is 0 Å². The minimum Gasteiger partial charge on any atom is -0.337 e. The van der Waals surface area contributed by atoms with Crippen LogP contribution in [0.2, 0.25) is 0 Å². The van der Waals surface area contributed by atoms with Crippen molar-refractivity contribution >= 4 is 5.84 Å². The fourth-order valence-electron chi connectivity index (χ4n) is 1.25. The normalized spacial score (nSPS) is 17.6. The summed E-state index contributed by atoms with van der Waals surface area (Å²) >= 11 is 0. The van der Waals surface area contributed by atoms with Gasteiger partial charge in [0.2, 0.25) is 0 Å². The first-order valence-electron chi connectivity index (χ1n) is 4.20. The SMILES string of the molecule is CC(C)C1=NNCN1C(C)C. The second-order valence-electron chi connectivity index (χ2n) is 3.50. The van der Waals surface area contributed by atoms with Gasteiger partial charge in [-0.15, -0.1) is 0 Å². The minimum absolute atomic E-state index is 0.521. The van der Waals surface area contributed by atoms with Crippen molar-refractivity contribution in [1.82, 2.24) is 10.3 Å². The maximum atomic E-state index is 4.23. The number of hydrazone groups is 1. The standard InChI is InChI=1S/C8H17N3/c1-6(2)8-10-9-5-11(8)7(3)4/h6-7,9H,5H2,1-4H3. The zero-order chi connectivity index (χ0) is 8.43. The monoisotopic (exact) mass is 155 g/mol. The molecule has 3 nitrogen and oxygen atoms in total. The van der Waals surface area contributed by atoms with Gasteiger partial charge < -0.3 is 4.90 Å². The number of amidine groups is 1. The largest absolute Gasteiger partial charge is 0.337 e. The third kappa shape index (κ3) is 1.64. The van der Waals surface area contributed by atoms with E-state index < -0.39 is 0 Å². The third-order valence-electron chi connectivity index (χ3n) is 1.87. The van der Waals surface area contributed by atoms with Crippen LogP contribution >= 0.6 is 0 Å². The van der Waals surface area contributed by atoms with Crippen LogP contribution in [0.3, 0.4) is 0 Å². The molecule has 64 valence electrons. The number of hydrogen-bond acceptors (Lipinski definition) is 3. The number of hydrogen-bond donors (Lipinski definition) is 1. The highest BCUT2D eigenvalue weighted by Gasteiger charge is 2.21. The van der Waals surface area contributed by atoms with Crippen LogP contribution in [0, 0.1) is 5.92 Å². The van der Waals surface area contributed by atoms with Gasteiger partial charge >= 0.3 is 0 Å². The molecule has 0 fully saturated rings. The topological polar surface area (TPSA) is 27.6 Å². The molecular weight excluding hydrogens is 138 g/mol. The Balaban J connectivity index is 2.63. The van der Waals surface area contributed by atoms with Gasteiger partial charge in [0.15, 0.2) is 0 Å². The molecule has 1 aliphatic heterocycles. The molecule has 11 heavy (non-hydrogen) atoms. The quantitative estimate of drug-likeness (QED) is 0.649. The molecule has 3 heteroatoms. The summed E-state index contributed by atoms with van der Waals surface area (Å²) in [5.74, 6) is 1.70. The second-order valence-corrected chi connectivity index (χ2v) is 3.50. The average Bonchev–Trinajstić information content (AvgIpc) is 2.32. The molecule has 0 spiro atoms. The molecule has 1 heterocycles. The Labute approximate surface area is 68.5 Å². The van der Waals surface area contributed by atoms with E-state index in [-0.39, 0.29) is 0 Å². The molecule has 0 aliphatic carbocycles. The average molecular weight is 155 g/mol. The summed E-state index contributed by atoms with van der Waals surface area (Å²) in [6.07, 6.45) is 0. The van der Waals surface area contributed by atoms with E-state index in [0.717, 1.165) is 6.67 Å². The van der Waals surface area contributed by atoms with E-state index in [4.69, 9.17) is 0 Å². The molecule has 0 saturated heterocycles. The van der Waals surface area contributed by atoms with E-state index in [1.165, 1.54) is 5.84 Å². The molecule has 0 aromatic heterocycles. The molecule has 0 saturated carbocycles. The molecule has 0 radical (unpaired) electrons. The molecule has 0 amide bonds. The lowest BCUT2D eigenvalue weighted by atomic mass is 10.1. The summed E-state index contributed by atoms with van der Waals surface area (Å²) < 4.78 is 0. The Kier molecular flexibility index (Phi) is 2.37. The Morgan fingerprint density at radius 3 is 2.36 bits per heavy atom. The lowest BCUT2D eigenvalue weighted by molar-refractivity contribution is 0.346. The summed E-state index contributed by atoms with van der Waals surface area (Å²) in [4.78, 5) is 2.28. The number of nitrogens with one attached hydrogen (secondary N) is 1. The van der Waals surface area contributed by atoms with Gasteiger partial charge in [0.1, 0.15) is 12.5 Å². The Bertz CT molecular complexity index is 161. The van der Waals surface area contributed by atoms with Crippen molar-refractivity contribution in [2.45, 2.75) is 33.7 Å². The third-order valence-corrected chi connectivity index (χ3v) is 1.87. The van der Waals surface area contributed by atoms with Crippen molar-refractivity contribution < 1.29 is 0 Å². The van der Waals surface area contributed by atoms with Crippen molar-refractivity contribution in [2.24, 2.45) is 11.0 Å². The molecule has 1 aliphatic rings. The molecule has 0 aromatic carbocycles. The van der Waals surface area contributed by atoms with E-state index in [2.05, 4.69) is 43.1 Å². The van der Waals surface area contributed by atoms with Gasteiger partial charge in [0.25, 0.3) is 0 Å². The van der Waals surface area contributed by atoms with E-state index in [1.807, 2.05) is 0 Å². The highest BCUT2D eigenvalue weighted by atomic mass is 15.5. The first-order chi connectivity index (χ1) is 5.13. The predicted octanol–water partition coefficient (Wildman–Crippen LogP) is 1.23. The predicted molar refractivity (Wildman–Crippen MR) is 47.3 cm³/mol. The van der Waals surface area contributed by atoms with Crippen molar-refractivity contribution in [3.05, 3.63) is 0 Å². The van der Waals surface area contributed by atoms with Crippen molar-refractivity contribution in [3.8, 4) is 0 Å². The zero-order valence-corrected chi connectivity index (χ0v) is 7.76. The fourth-order valence-corrected chi connectivity index (χ4v) is 1.25. The van der Waals surface area contributed by atoms with Gasteiger partial charge in [-0.05, 0) is 13.8 Å². The van der Waals surface area contributed by atoms with Gasteiger partial charge in [-0.2, -0.15) is 5.10 Å². The summed E-state index contributed by atoms with van der Waals surface area (Å²) in [7, 11) is 0. The van der Waals surface area contributed by atoms with Crippen LogP contribution in [0.4, 0.5) is 0 Å². The zero-order valence-electron chi connectivity index (χ0n) is 7.76. The smallest absolute Gasteiger partial charge is 0.129 e. The first kappa shape index (κ1) is 8.37. The summed E-state index contributed by atoms with van der Waals surface area (Å²) in [6, 6.07) is 0.547. The lowest BCUT2D eigenvalue weighted by Crippen LogP contribution is -2.37. The van der Waals surface area contributed by atoms with Gasteiger partial charge in [0.05, 0.1) is 0 Å². The van der Waals surface area contributed by atoms with Crippen LogP contribution in [0.5, 0.6) is 0 Å². The number of rotatable bonds is 2. The highest BCUT2D eigenvalue weighted by molar-refractivity contribution is 5.85. The number of nitrogens with zero attached hydrogens (tertiary/aromatic N) is 2. The van der Waals surface area contributed by atoms with Gasteiger partial charge in [-0.3, -0.25) is 5.43 Å². The summed E-state index contributed by atoms with van der Waals surface area (Å²) in [5, 5.41) is 4.23. The van der Waals surface area contributed by atoms with Crippen LogP contribution in [0.1, 0.15) is 27.7 Å². The van der Waals surface area contributed by atoms with E-state index in [1.54, 1.807) is 0 Å². The van der Waals surface area contributed by atoms with Crippen molar-refractivity contribution in [3.63, 3.8) is 0 Å². The molecule has 0 unspecified atom stereocenters. The summed E-state index contributed by atoms with van der Waals surface area (Å²) in [6.45, 7) is 9.57. The van der Waals surface area contributed by atoms with E-state index in [0.29, 0.717) is 12.0 Å². The molecular formula is C8H17N3. The Morgan fingerprint density at radius 1 is 1.36 bits per heavy atom. The first-order valence-corrected chi connectivity index (χ1v) is 4.20. The molecule has 0 bridgehead atoms. The Hall–Kier alpha value is -0.730. The highest BCUT2D eigenvalue weighted by Crippen LogP contribution is 2.10. The molecule has 0 aromatic rings. The van der Waals surface area contributed by atoms with E-state index in [9.17, 15) is 0 Å². The van der Waals surface area contributed by atoms with Gasteiger partial charge in [0, 0.05) is 12.0 Å². The van der Waals surface area contributed by atoms with Crippen LogP contribution in [0.15, 0.2) is 5.10 Å². The fraction of sp³-hybridized carbons (Fsp3) is 0.875. The maximum absolute atomic E-state index is 4.23. The van der Waals surface area contributed by atoms with Crippen molar-refractivity contribution in [2.75, 3.05) is 6.67 Å². The van der Waals surface area contributed by atoms with Gasteiger partial charge in [-0.1, -0.05) is 13.8 Å². The maximum Gasteiger partial charge on any atom is 0.129 e. The van der Waals surface area contributed by atoms with Crippen molar-refractivity contribution in [1.29, 1.82) is 0 Å². The minimum atomic E-state index is 0.521. The molecule has 0 atom stereocenters. The van der Waals surface area contributed by atoms with Gasteiger partial charge in [-0.25, -0.2) is 0 Å². The van der Waals surface area contributed by atoms with Crippen LogP contribution in [0.25, 0.3) is 0 Å². The Morgan fingerprint density at radius 2 is 2.00 bits per heavy atom. The second kappa shape index (κ2) is 3.11.